The molecule has 120 valence electrons. The van der Waals surface area contributed by atoms with E-state index in [-0.39, 0.29) is 6.04 Å². The first-order valence-corrected chi connectivity index (χ1v) is 8.13. The van der Waals surface area contributed by atoms with Crippen molar-refractivity contribution in [2.24, 2.45) is 16.6 Å². The van der Waals surface area contributed by atoms with Crippen LogP contribution in [0.2, 0.25) is 0 Å². The summed E-state index contributed by atoms with van der Waals surface area (Å²) in [5, 5.41) is 0. The maximum absolute atomic E-state index is 6.40. The van der Waals surface area contributed by atoms with Gasteiger partial charge in [0.15, 0.2) is 0 Å². The molecule has 0 saturated carbocycles. The molecule has 24 heavy (non-hydrogen) atoms. The number of benzene rings is 1. The van der Waals surface area contributed by atoms with Crippen molar-refractivity contribution < 1.29 is 0 Å². The SMILES string of the molecule is NC(/C=C(\N=Cc1ccccc1)c1cccnc1)C1C=CC=CC1. The second-order valence-electron chi connectivity index (χ2n) is 5.75. The summed E-state index contributed by atoms with van der Waals surface area (Å²) < 4.78 is 0. The minimum atomic E-state index is -0.0886. The summed E-state index contributed by atoms with van der Waals surface area (Å²) in [5.74, 6) is 0.300. The Hall–Kier alpha value is -2.78. The van der Waals surface area contributed by atoms with Gasteiger partial charge in [-0.05, 0) is 36.1 Å². The van der Waals surface area contributed by atoms with Crippen LogP contribution in [-0.4, -0.2) is 17.2 Å². The lowest BCUT2D eigenvalue weighted by atomic mass is 9.92. The molecule has 1 aliphatic rings. The third-order valence-corrected chi connectivity index (χ3v) is 3.97. The Bertz CT molecular complexity index is 758. The van der Waals surface area contributed by atoms with Crippen molar-refractivity contribution in [1.29, 1.82) is 0 Å². The van der Waals surface area contributed by atoms with Crippen LogP contribution in [0, 0.1) is 5.92 Å². The molecule has 0 radical (unpaired) electrons. The molecule has 1 aliphatic carbocycles. The van der Waals surface area contributed by atoms with Crippen LogP contribution in [0.4, 0.5) is 0 Å². The Labute approximate surface area is 143 Å². The molecule has 1 aromatic heterocycles. The molecular formula is C21H21N3. The number of nitrogens with two attached hydrogens (primary N) is 1. The van der Waals surface area contributed by atoms with Gasteiger partial charge in [-0.25, -0.2) is 0 Å². The molecule has 2 unspecified atom stereocenters. The Morgan fingerprint density at radius 3 is 2.75 bits per heavy atom. The highest BCUT2D eigenvalue weighted by molar-refractivity contribution is 5.85. The Balaban J connectivity index is 1.87. The number of hydrogen-bond donors (Lipinski definition) is 1. The van der Waals surface area contributed by atoms with E-state index in [0.29, 0.717) is 5.92 Å². The second-order valence-corrected chi connectivity index (χ2v) is 5.75. The number of hydrogen-bond acceptors (Lipinski definition) is 3. The van der Waals surface area contributed by atoms with Crippen LogP contribution in [-0.2, 0) is 0 Å². The van der Waals surface area contributed by atoms with Gasteiger partial charge in [-0.2, -0.15) is 0 Å². The van der Waals surface area contributed by atoms with Crippen molar-refractivity contribution >= 4 is 11.9 Å². The van der Waals surface area contributed by atoms with Crippen LogP contribution in [0.3, 0.4) is 0 Å². The van der Waals surface area contributed by atoms with Crippen LogP contribution in [0.1, 0.15) is 17.5 Å². The largest absolute Gasteiger partial charge is 0.324 e. The molecule has 3 nitrogen and oxygen atoms in total. The van der Waals surface area contributed by atoms with Gasteiger partial charge >= 0.3 is 0 Å². The topological polar surface area (TPSA) is 51.3 Å². The summed E-state index contributed by atoms with van der Waals surface area (Å²) in [6.07, 6.45) is 16.8. The molecule has 0 fully saturated rings. The molecular weight excluding hydrogens is 294 g/mol. The molecule has 0 aliphatic heterocycles. The summed E-state index contributed by atoms with van der Waals surface area (Å²) in [6.45, 7) is 0. The maximum Gasteiger partial charge on any atom is 0.0693 e. The standard InChI is InChI=1S/C21H21N3/c22-20(18-10-5-2-6-11-18)14-21(19-12-7-13-23-16-19)24-15-17-8-3-1-4-9-17/h1-10,12-16,18,20H,11,22H2/b21-14-,24-15?. The molecule has 0 amide bonds. The highest BCUT2D eigenvalue weighted by Crippen LogP contribution is 2.21. The van der Waals surface area contributed by atoms with E-state index in [0.717, 1.165) is 23.2 Å². The molecule has 2 aromatic rings. The monoisotopic (exact) mass is 315 g/mol. The van der Waals surface area contributed by atoms with Gasteiger partial charge in [-0.3, -0.25) is 9.98 Å². The van der Waals surface area contributed by atoms with Gasteiger partial charge < -0.3 is 5.73 Å². The van der Waals surface area contributed by atoms with Crippen LogP contribution in [0.25, 0.3) is 5.70 Å². The number of rotatable bonds is 5. The average Bonchev–Trinajstić information content (AvgIpc) is 2.67. The minimum absolute atomic E-state index is 0.0886. The zero-order valence-corrected chi connectivity index (χ0v) is 13.5. The first kappa shape index (κ1) is 16.1. The molecule has 2 N–H and O–H groups in total. The zero-order chi connectivity index (χ0) is 16.6. The Morgan fingerprint density at radius 1 is 1.17 bits per heavy atom. The van der Waals surface area contributed by atoms with E-state index < -0.39 is 0 Å². The van der Waals surface area contributed by atoms with Crippen molar-refractivity contribution in [3.8, 4) is 0 Å². The van der Waals surface area contributed by atoms with Gasteiger partial charge in [-0.15, -0.1) is 0 Å². The third-order valence-electron chi connectivity index (χ3n) is 3.97. The van der Waals surface area contributed by atoms with Crippen molar-refractivity contribution in [2.75, 3.05) is 0 Å². The van der Waals surface area contributed by atoms with E-state index in [1.807, 2.05) is 61.0 Å². The average molecular weight is 315 g/mol. The third kappa shape index (κ3) is 4.37. The number of aromatic nitrogens is 1. The summed E-state index contributed by atoms with van der Waals surface area (Å²) in [7, 11) is 0. The highest BCUT2D eigenvalue weighted by Gasteiger charge is 2.14. The van der Waals surface area contributed by atoms with E-state index in [1.165, 1.54) is 0 Å². The van der Waals surface area contributed by atoms with Crippen LogP contribution < -0.4 is 5.73 Å². The molecule has 0 spiro atoms. The molecule has 3 heteroatoms. The van der Waals surface area contributed by atoms with E-state index >= 15 is 0 Å². The highest BCUT2D eigenvalue weighted by atomic mass is 14.8. The van der Waals surface area contributed by atoms with Crippen molar-refractivity contribution in [1.82, 2.24) is 4.98 Å². The summed E-state index contributed by atoms with van der Waals surface area (Å²) in [6, 6.07) is 13.9. The molecule has 1 heterocycles. The van der Waals surface area contributed by atoms with E-state index in [1.54, 1.807) is 6.20 Å². The van der Waals surface area contributed by atoms with Gasteiger partial charge in [0.05, 0.1) is 5.70 Å². The van der Waals surface area contributed by atoms with Gasteiger partial charge in [0.2, 0.25) is 0 Å². The normalized spacial score (nSPS) is 18.9. The Morgan fingerprint density at radius 2 is 2.04 bits per heavy atom. The lowest BCUT2D eigenvalue weighted by molar-refractivity contribution is 0.580. The van der Waals surface area contributed by atoms with E-state index in [2.05, 4.69) is 34.3 Å². The predicted molar refractivity (Wildman–Crippen MR) is 101 cm³/mol. The van der Waals surface area contributed by atoms with Crippen molar-refractivity contribution in [3.05, 3.63) is 96.4 Å². The number of pyridine rings is 1. The van der Waals surface area contributed by atoms with E-state index in [4.69, 9.17) is 5.73 Å². The van der Waals surface area contributed by atoms with Crippen LogP contribution in [0.5, 0.6) is 0 Å². The summed E-state index contributed by atoms with van der Waals surface area (Å²) in [4.78, 5) is 8.87. The van der Waals surface area contributed by atoms with Gasteiger partial charge in [0.1, 0.15) is 0 Å². The second kappa shape index (κ2) is 8.18. The molecule has 3 rings (SSSR count). The predicted octanol–water partition coefficient (Wildman–Crippen LogP) is 4.00. The van der Waals surface area contributed by atoms with Crippen LogP contribution >= 0.6 is 0 Å². The van der Waals surface area contributed by atoms with Gasteiger partial charge in [0, 0.05) is 30.2 Å². The fourth-order valence-corrected chi connectivity index (χ4v) is 2.60. The lowest BCUT2D eigenvalue weighted by Crippen LogP contribution is -2.27. The number of allylic oxidation sites excluding steroid dienone is 3. The maximum atomic E-state index is 6.40. The van der Waals surface area contributed by atoms with Crippen molar-refractivity contribution in [3.63, 3.8) is 0 Å². The molecule has 2 atom stereocenters. The number of aliphatic imine (C=N–C) groups is 1. The van der Waals surface area contributed by atoms with Crippen molar-refractivity contribution in [2.45, 2.75) is 12.5 Å². The van der Waals surface area contributed by atoms with Crippen LogP contribution in [0.15, 0.2) is 90.2 Å². The molecule has 1 aromatic carbocycles. The van der Waals surface area contributed by atoms with Gasteiger partial charge in [0.25, 0.3) is 0 Å². The summed E-state index contributed by atoms with van der Waals surface area (Å²) in [5.41, 5.74) is 9.27. The lowest BCUT2D eigenvalue weighted by Gasteiger charge is -2.18. The fourth-order valence-electron chi connectivity index (χ4n) is 2.60. The van der Waals surface area contributed by atoms with Gasteiger partial charge in [-0.1, -0.05) is 54.6 Å². The zero-order valence-electron chi connectivity index (χ0n) is 13.5. The molecule has 0 bridgehead atoms. The molecule has 0 saturated heterocycles. The number of nitrogens with zero attached hydrogens (tertiary/aromatic N) is 2. The first-order chi connectivity index (χ1) is 11.8. The summed E-state index contributed by atoms with van der Waals surface area (Å²) >= 11 is 0. The minimum Gasteiger partial charge on any atom is -0.324 e. The fraction of sp³-hybridized carbons (Fsp3) is 0.143. The smallest absolute Gasteiger partial charge is 0.0693 e. The first-order valence-electron chi connectivity index (χ1n) is 8.13. The van der Waals surface area contributed by atoms with E-state index in [9.17, 15) is 0 Å². The quantitative estimate of drug-likeness (QED) is 0.848. The Kier molecular flexibility index (Phi) is 5.48.